The standard InChI is InChI=1S/C17H28N2O.2ClH/c1-13(2)4-6-16(19-10-8-18-9-11-19)15-12-14(3)5-7-17(15)20;;/h5,7,12-13,16,18,20H,4,6,8-11H2,1-3H3;2*1H/t16-;;/m0../s1. The third-order valence-electron chi connectivity index (χ3n) is 4.15. The first-order valence-corrected chi connectivity index (χ1v) is 7.82. The fraction of sp³-hybridized carbons (Fsp3) is 0.647. The summed E-state index contributed by atoms with van der Waals surface area (Å²) in [6, 6.07) is 6.33. The lowest BCUT2D eigenvalue weighted by Crippen LogP contribution is -2.45. The van der Waals surface area contributed by atoms with Crippen LogP contribution in [0.15, 0.2) is 18.2 Å². The van der Waals surface area contributed by atoms with Crippen molar-refractivity contribution >= 4 is 24.8 Å². The number of phenolic OH excluding ortho intramolecular Hbond substituents is 1. The highest BCUT2D eigenvalue weighted by Crippen LogP contribution is 2.34. The SMILES string of the molecule is Cc1ccc(O)c([C@H](CCC(C)C)N2CCNCC2)c1.Cl.Cl. The molecule has 0 aromatic heterocycles. The van der Waals surface area contributed by atoms with Gasteiger partial charge in [0.05, 0.1) is 0 Å². The summed E-state index contributed by atoms with van der Waals surface area (Å²) in [5.41, 5.74) is 2.33. The van der Waals surface area contributed by atoms with Crippen LogP contribution >= 0.6 is 24.8 Å². The highest BCUT2D eigenvalue weighted by atomic mass is 35.5. The topological polar surface area (TPSA) is 35.5 Å². The smallest absolute Gasteiger partial charge is 0.120 e. The minimum absolute atomic E-state index is 0. The van der Waals surface area contributed by atoms with E-state index in [1.807, 2.05) is 12.1 Å². The summed E-state index contributed by atoms with van der Waals surface area (Å²) < 4.78 is 0. The Morgan fingerprint density at radius 3 is 2.36 bits per heavy atom. The molecule has 0 aliphatic carbocycles. The van der Waals surface area contributed by atoms with Gasteiger partial charge in [-0.1, -0.05) is 31.5 Å². The molecule has 1 saturated heterocycles. The Morgan fingerprint density at radius 2 is 1.77 bits per heavy atom. The number of rotatable bonds is 5. The number of nitrogens with zero attached hydrogens (tertiary/aromatic N) is 1. The molecule has 3 nitrogen and oxygen atoms in total. The molecule has 1 aromatic carbocycles. The zero-order chi connectivity index (χ0) is 14.5. The monoisotopic (exact) mass is 348 g/mol. The Morgan fingerprint density at radius 1 is 1.14 bits per heavy atom. The third-order valence-corrected chi connectivity index (χ3v) is 4.15. The molecule has 0 radical (unpaired) electrons. The summed E-state index contributed by atoms with van der Waals surface area (Å²) in [5, 5.41) is 13.7. The lowest BCUT2D eigenvalue weighted by Gasteiger charge is -2.36. The van der Waals surface area contributed by atoms with Crippen LogP contribution in [0, 0.1) is 12.8 Å². The van der Waals surface area contributed by atoms with Crippen LogP contribution in [0.5, 0.6) is 5.75 Å². The van der Waals surface area contributed by atoms with Crippen LogP contribution in [0.2, 0.25) is 0 Å². The van der Waals surface area contributed by atoms with Crippen LogP contribution < -0.4 is 5.32 Å². The molecule has 5 heteroatoms. The van der Waals surface area contributed by atoms with Crippen LogP contribution in [0.4, 0.5) is 0 Å². The van der Waals surface area contributed by atoms with Crippen molar-refractivity contribution in [3.63, 3.8) is 0 Å². The molecule has 22 heavy (non-hydrogen) atoms. The van der Waals surface area contributed by atoms with E-state index in [0.29, 0.717) is 17.7 Å². The Kier molecular flexibility index (Phi) is 10.1. The minimum Gasteiger partial charge on any atom is -0.508 e. The van der Waals surface area contributed by atoms with Crippen LogP contribution in [0.3, 0.4) is 0 Å². The molecule has 1 aliphatic rings. The van der Waals surface area contributed by atoms with E-state index in [0.717, 1.165) is 38.2 Å². The first-order valence-electron chi connectivity index (χ1n) is 7.82. The van der Waals surface area contributed by atoms with E-state index in [4.69, 9.17) is 0 Å². The van der Waals surface area contributed by atoms with Gasteiger partial charge in [-0.2, -0.15) is 0 Å². The Hall–Kier alpha value is -0.480. The summed E-state index contributed by atoms with van der Waals surface area (Å²) in [7, 11) is 0. The van der Waals surface area contributed by atoms with Gasteiger partial charge in [0.2, 0.25) is 0 Å². The van der Waals surface area contributed by atoms with Crippen molar-refractivity contribution in [2.24, 2.45) is 5.92 Å². The summed E-state index contributed by atoms with van der Waals surface area (Å²) in [4.78, 5) is 2.52. The van der Waals surface area contributed by atoms with Crippen LogP contribution in [0.25, 0.3) is 0 Å². The molecule has 1 aliphatic heterocycles. The van der Waals surface area contributed by atoms with Gasteiger partial charge in [0, 0.05) is 37.8 Å². The molecule has 0 unspecified atom stereocenters. The van der Waals surface area contributed by atoms with E-state index in [1.165, 1.54) is 12.0 Å². The van der Waals surface area contributed by atoms with E-state index in [1.54, 1.807) is 0 Å². The number of aryl methyl sites for hydroxylation is 1. The number of nitrogens with one attached hydrogen (secondary N) is 1. The fourth-order valence-electron chi connectivity index (χ4n) is 2.96. The van der Waals surface area contributed by atoms with E-state index in [-0.39, 0.29) is 24.8 Å². The maximum Gasteiger partial charge on any atom is 0.120 e. The lowest BCUT2D eigenvalue weighted by molar-refractivity contribution is 0.157. The highest BCUT2D eigenvalue weighted by molar-refractivity contribution is 5.85. The maximum absolute atomic E-state index is 10.3. The zero-order valence-corrected chi connectivity index (χ0v) is 15.5. The molecule has 2 rings (SSSR count). The van der Waals surface area contributed by atoms with Crippen molar-refractivity contribution in [2.45, 2.75) is 39.7 Å². The number of hydrogen-bond acceptors (Lipinski definition) is 3. The first-order chi connectivity index (χ1) is 9.58. The largest absolute Gasteiger partial charge is 0.508 e. The Balaban J connectivity index is 0.00000220. The van der Waals surface area contributed by atoms with Crippen molar-refractivity contribution in [2.75, 3.05) is 26.2 Å². The normalized spacial score (nSPS) is 16.7. The van der Waals surface area contributed by atoms with Gasteiger partial charge < -0.3 is 10.4 Å². The van der Waals surface area contributed by atoms with E-state index >= 15 is 0 Å². The summed E-state index contributed by atoms with van der Waals surface area (Å²) in [6.07, 6.45) is 2.32. The molecule has 0 spiro atoms. The van der Waals surface area contributed by atoms with Gasteiger partial charge in [-0.25, -0.2) is 0 Å². The summed E-state index contributed by atoms with van der Waals surface area (Å²) in [6.45, 7) is 10.9. The average molecular weight is 349 g/mol. The zero-order valence-electron chi connectivity index (χ0n) is 13.8. The molecule has 0 amide bonds. The number of halogens is 2. The highest BCUT2D eigenvalue weighted by Gasteiger charge is 2.24. The predicted octanol–water partition coefficient (Wildman–Crippen LogP) is 3.93. The maximum atomic E-state index is 10.3. The number of phenols is 1. The van der Waals surface area contributed by atoms with Gasteiger partial charge in [-0.15, -0.1) is 24.8 Å². The van der Waals surface area contributed by atoms with Gasteiger partial charge >= 0.3 is 0 Å². The molecule has 128 valence electrons. The number of aromatic hydroxyl groups is 1. The quantitative estimate of drug-likeness (QED) is 0.846. The lowest BCUT2D eigenvalue weighted by atomic mass is 9.94. The van der Waals surface area contributed by atoms with Crippen LogP contribution in [0.1, 0.15) is 43.9 Å². The van der Waals surface area contributed by atoms with E-state index in [9.17, 15) is 5.11 Å². The van der Waals surface area contributed by atoms with Gasteiger partial charge in [-0.05, 0) is 31.7 Å². The average Bonchev–Trinajstić information content (AvgIpc) is 2.43. The molecule has 0 bridgehead atoms. The molecule has 1 heterocycles. The molecular weight excluding hydrogens is 319 g/mol. The Labute approximate surface area is 147 Å². The van der Waals surface area contributed by atoms with Gasteiger partial charge in [0.15, 0.2) is 0 Å². The molecule has 2 N–H and O–H groups in total. The second-order valence-corrected chi connectivity index (χ2v) is 6.34. The van der Waals surface area contributed by atoms with Gasteiger partial charge in [0.1, 0.15) is 5.75 Å². The second-order valence-electron chi connectivity index (χ2n) is 6.34. The van der Waals surface area contributed by atoms with Crippen molar-refractivity contribution < 1.29 is 5.11 Å². The van der Waals surface area contributed by atoms with Gasteiger partial charge in [0.25, 0.3) is 0 Å². The summed E-state index contributed by atoms with van der Waals surface area (Å²) >= 11 is 0. The summed E-state index contributed by atoms with van der Waals surface area (Å²) in [5.74, 6) is 1.15. The Bertz CT molecular complexity index is 435. The van der Waals surface area contributed by atoms with Crippen molar-refractivity contribution in [1.82, 2.24) is 10.2 Å². The first kappa shape index (κ1) is 21.5. The van der Waals surface area contributed by atoms with E-state index in [2.05, 4.69) is 37.1 Å². The third kappa shape index (κ3) is 5.96. The molecule has 0 saturated carbocycles. The van der Waals surface area contributed by atoms with Crippen molar-refractivity contribution in [3.05, 3.63) is 29.3 Å². The predicted molar refractivity (Wildman–Crippen MR) is 98.6 cm³/mol. The van der Waals surface area contributed by atoms with Crippen LogP contribution in [-0.4, -0.2) is 36.2 Å². The second kappa shape index (κ2) is 10.3. The number of benzene rings is 1. The molecule has 1 fully saturated rings. The molecular formula is C17H30Cl2N2O. The fourth-order valence-corrected chi connectivity index (χ4v) is 2.96. The van der Waals surface area contributed by atoms with Crippen LogP contribution in [-0.2, 0) is 0 Å². The molecule has 1 atom stereocenters. The minimum atomic E-state index is 0. The number of piperazine rings is 1. The number of hydrogen-bond donors (Lipinski definition) is 2. The van der Waals surface area contributed by atoms with Crippen molar-refractivity contribution in [3.8, 4) is 5.75 Å². The van der Waals surface area contributed by atoms with Gasteiger partial charge in [-0.3, -0.25) is 4.90 Å². The van der Waals surface area contributed by atoms with E-state index < -0.39 is 0 Å². The van der Waals surface area contributed by atoms with Crippen molar-refractivity contribution in [1.29, 1.82) is 0 Å². The molecule has 1 aromatic rings.